The summed E-state index contributed by atoms with van der Waals surface area (Å²) in [6, 6.07) is 4.29. The molecule has 0 aromatic heterocycles. The van der Waals surface area contributed by atoms with Crippen LogP contribution in [0, 0.1) is 11.7 Å². The molecule has 0 saturated heterocycles. The fourth-order valence-electron chi connectivity index (χ4n) is 2.49. The molecule has 1 aromatic carbocycles. The van der Waals surface area contributed by atoms with Gasteiger partial charge in [0.2, 0.25) is 0 Å². The second-order valence-corrected chi connectivity index (χ2v) is 6.24. The van der Waals surface area contributed by atoms with Crippen LogP contribution >= 0.6 is 0 Å². The van der Waals surface area contributed by atoms with Gasteiger partial charge in [-0.15, -0.1) is 0 Å². The van der Waals surface area contributed by atoms with Crippen LogP contribution in [-0.2, 0) is 14.3 Å². The van der Waals surface area contributed by atoms with Gasteiger partial charge < -0.3 is 24.8 Å². The van der Waals surface area contributed by atoms with E-state index in [-0.39, 0.29) is 48.3 Å². The highest BCUT2D eigenvalue weighted by Crippen LogP contribution is 2.31. The van der Waals surface area contributed by atoms with Gasteiger partial charge in [0.1, 0.15) is 5.70 Å². The van der Waals surface area contributed by atoms with Crippen molar-refractivity contribution in [1.29, 1.82) is 0 Å². The molecule has 0 unspecified atom stereocenters. The fourth-order valence-corrected chi connectivity index (χ4v) is 2.49. The van der Waals surface area contributed by atoms with Crippen LogP contribution in [0.1, 0.15) is 13.8 Å². The molecule has 26 heavy (non-hydrogen) atoms. The molecule has 0 atom stereocenters. The largest absolute Gasteiger partial charge is 0.488 e. The first kappa shape index (κ1) is 19.7. The van der Waals surface area contributed by atoms with Crippen LogP contribution in [0.25, 0.3) is 0 Å². The average molecular weight is 366 g/mol. The van der Waals surface area contributed by atoms with Gasteiger partial charge in [-0.25, -0.2) is 9.18 Å². The minimum atomic E-state index is -0.664. The number of β-amino-alcohol motifs (C(OH)–C–C–N with tert-alkyl or cyclic N) is 1. The lowest BCUT2D eigenvalue weighted by Crippen LogP contribution is -2.31. The van der Waals surface area contributed by atoms with Crippen molar-refractivity contribution in [2.24, 2.45) is 5.92 Å². The van der Waals surface area contributed by atoms with Crippen molar-refractivity contribution in [1.82, 2.24) is 4.90 Å². The third-order valence-corrected chi connectivity index (χ3v) is 3.74. The first-order valence-electron chi connectivity index (χ1n) is 8.29. The number of aliphatic hydroxyl groups is 1. The van der Waals surface area contributed by atoms with Crippen molar-refractivity contribution in [2.75, 3.05) is 38.7 Å². The molecule has 8 heteroatoms. The summed E-state index contributed by atoms with van der Waals surface area (Å²) in [4.78, 5) is 25.9. The number of methoxy groups -OCH3 is 1. The topological polar surface area (TPSA) is 88.1 Å². The zero-order chi connectivity index (χ0) is 19.3. The standard InChI is InChI=1S/C18H23FN2O5/c1-11(2)10-26-16-13(19)5-4-6-14(16)20-15-12(18(24)25-3)9-21(7-8-22)17(15)23/h4-6,11,20,22H,7-10H2,1-3H3. The lowest BCUT2D eigenvalue weighted by molar-refractivity contribution is -0.136. The van der Waals surface area contributed by atoms with Crippen molar-refractivity contribution in [3.8, 4) is 5.75 Å². The van der Waals surface area contributed by atoms with E-state index in [0.29, 0.717) is 6.61 Å². The number of esters is 1. The lowest BCUT2D eigenvalue weighted by atomic mass is 10.2. The van der Waals surface area contributed by atoms with Crippen LogP contribution < -0.4 is 10.1 Å². The molecule has 1 heterocycles. The number of nitrogens with zero attached hydrogens (tertiary/aromatic N) is 1. The summed E-state index contributed by atoms with van der Waals surface area (Å²) in [7, 11) is 1.21. The summed E-state index contributed by atoms with van der Waals surface area (Å²) in [6.45, 7) is 3.99. The summed E-state index contributed by atoms with van der Waals surface area (Å²) in [5, 5.41) is 11.9. The van der Waals surface area contributed by atoms with Gasteiger partial charge in [-0.05, 0) is 18.1 Å². The molecular weight excluding hydrogens is 343 g/mol. The highest BCUT2D eigenvalue weighted by Gasteiger charge is 2.35. The Morgan fingerprint density at radius 2 is 2.15 bits per heavy atom. The molecule has 1 aliphatic heterocycles. The highest BCUT2D eigenvalue weighted by atomic mass is 19.1. The minimum Gasteiger partial charge on any atom is -0.488 e. The maximum absolute atomic E-state index is 14.2. The van der Waals surface area contributed by atoms with E-state index >= 15 is 0 Å². The first-order valence-corrected chi connectivity index (χ1v) is 8.29. The van der Waals surface area contributed by atoms with Crippen molar-refractivity contribution in [2.45, 2.75) is 13.8 Å². The van der Waals surface area contributed by atoms with E-state index in [2.05, 4.69) is 5.32 Å². The summed E-state index contributed by atoms with van der Waals surface area (Å²) in [6.07, 6.45) is 0. The quantitative estimate of drug-likeness (QED) is 0.679. The van der Waals surface area contributed by atoms with Crippen LogP contribution in [0.5, 0.6) is 5.75 Å². The normalized spacial score (nSPS) is 14.2. The van der Waals surface area contributed by atoms with Gasteiger partial charge in [-0.1, -0.05) is 19.9 Å². The van der Waals surface area contributed by atoms with Gasteiger partial charge in [-0.3, -0.25) is 4.79 Å². The summed E-state index contributed by atoms with van der Waals surface area (Å²) in [5.41, 5.74) is 0.344. The number of hydrogen-bond acceptors (Lipinski definition) is 6. The van der Waals surface area contributed by atoms with E-state index in [9.17, 15) is 14.0 Å². The molecule has 0 radical (unpaired) electrons. The number of carbonyl (C=O) groups excluding carboxylic acids is 2. The first-order chi connectivity index (χ1) is 12.4. The number of nitrogens with one attached hydrogen (secondary N) is 1. The summed E-state index contributed by atoms with van der Waals surface area (Å²) >= 11 is 0. The number of amides is 1. The molecule has 2 rings (SSSR count). The molecule has 7 nitrogen and oxygen atoms in total. The van der Waals surface area contributed by atoms with E-state index in [1.54, 1.807) is 6.07 Å². The number of ether oxygens (including phenoxy) is 2. The number of para-hydroxylation sites is 1. The monoisotopic (exact) mass is 366 g/mol. The van der Waals surface area contributed by atoms with E-state index in [0.717, 1.165) is 0 Å². The number of halogens is 1. The maximum Gasteiger partial charge on any atom is 0.337 e. The number of anilines is 1. The van der Waals surface area contributed by atoms with E-state index in [1.165, 1.54) is 24.1 Å². The Bertz CT molecular complexity index is 718. The SMILES string of the molecule is COC(=O)C1=C(Nc2cccc(F)c2OCC(C)C)C(=O)N(CCO)C1. The Labute approximate surface area is 151 Å². The zero-order valence-corrected chi connectivity index (χ0v) is 15.0. The molecule has 142 valence electrons. The predicted molar refractivity (Wildman–Crippen MR) is 93.1 cm³/mol. The van der Waals surface area contributed by atoms with E-state index < -0.39 is 17.7 Å². The minimum absolute atomic E-state index is 0.00585. The number of aliphatic hydroxyl groups excluding tert-OH is 1. The van der Waals surface area contributed by atoms with Crippen molar-refractivity contribution in [3.05, 3.63) is 35.3 Å². The molecule has 0 spiro atoms. The molecule has 1 aromatic rings. The molecule has 1 aliphatic rings. The second kappa shape index (κ2) is 8.66. The zero-order valence-electron chi connectivity index (χ0n) is 15.0. The van der Waals surface area contributed by atoms with Gasteiger partial charge in [0, 0.05) is 6.54 Å². The molecule has 0 aliphatic carbocycles. The molecular formula is C18H23FN2O5. The Balaban J connectivity index is 2.36. The Morgan fingerprint density at radius 1 is 1.42 bits per heavy atom. The number of rotatable bonds is 8. The van der Waals surface area contributed by atoms with Crippen LogP contribution in [0.4, 0.5) is 10.1 Å². The smallest absolute Gasteiger partial charge is 0.337 e. The lowest BCUT2D eigenvalue weighted by Gasteiger charge is -2.17. The number of carbonyl (C=O) groups is 2. The van der Waals surface area contributed by atoms with Gasteiger partial charge in [-0.2, -0.15) is 0 Å². The van der Waals surface area contributed by atoms with Crippen LogP contribution in [0.2, 0.25) is 0 Å². The Morgan fingerprint density at radius 3 is 2.77 bits per heavy atom. The van der Waals surface area contributed by atoms with Crippen molar-refractivity contribution >= 4 is 17.6 Å². The molecule has 0 saturated carbocycles. The van der Waals surface area contributed by atoms with Gasteiger partial charge in [0.05, 0.1) is 38.1 Å². The number of hydrogen-bond donors (Lipinski definition) is 2. The van der Waals surface area contributed by atoms with Gasteiger partial charge >= 0.3 is 5.97 Å². The van der Waals surface area contributed by atoms with E-state index in [1.807, 2.05) is 13.8 Å². The molecule has 0 fully saturated rings. The summed E-state index contributed by atoms with van der Waals surface area (Å²) in [5.74, 6) is -1.55. The molecule has 2 N–H and O–H groups in total. The van der Waals surface area contributed by atoms with Gasteiger partial charge in [0.25, 0.3) is 5.91 Å². The third-order valence-electron chi connectivity index (χ3n) is 3.74. The highest BCUT2D eigenvalue weighted by molar-refractivity contribution is 6.08. The Kier molecular flexibility index (Phi) is 6.57. The number of benzene rings is 1. The Hall–Kier alpha value is -2.61. The second-order valence-electron chi connectivity index (χ2n) is 6.24. The average Bonchev–Trinajstić information content (AvgIpc) is 2.90. The van der Waals surface area contributed by atoms with Crippen LogP contribution in [0.15, 0.2) is 29.5 Å². The van der Waals surface area contributed by atoms with Crippen molar-refractivity contribution < 1.29 is 28.6 Å². The van der Waals surface area contributed by atoms with Crippen LogP contribution in [-0.4, -0.2) is 55.3 Å². The summed E-state index contributed by atoms with van der Waals surface area (Å²) < 4.78 is 24.4. The van der Waals surface area contributed by atoms with Crippen molar-refractivity contribution in [3.63, 3.8) is 0 Å². The molecule has 1 amide bonds. The fraction of sp³-hybridized carbons (Fsp3) is 0.444. The van der Waals surface area contributed by atoms with E-state index in [4.69, 9.17) is 14.6 Å². The predicted octanol–water partition coefficient (Wildman–Crippen LogP) is 1.53. The third kappa shape index (κ3) is 4.32. The maximum atomic E-state index is 14.2. The van der Waals surface area contributed by atoms with Crippen LogP contribution in [0.3, 0.4) is 0 Å². The van der Waals surface area contributed by atoms with Gasteiger partial charge in [0.15, 0.2) is 11.6 Å². The molecule has 0 bridgehead atoms.